The van der Waals surface area contributed by atoms with Crippen LogP contribution in [0.5, 0.6) is 0 Å². The fourth-order valence-corrected chi connectivity index (χ4v) is 3.73. The first-order valence-electron chi connectivity index (χ1n) is 7.58. The molecule has 0 N–H and O–H groups in total. The van der Waals surface area contributed by atoms with Crippen molar-refractivity contribution >= 4 is 28.9 Å². The van der Waals surface area contributed by atoms with Gasteiger partial charge in [0.05, 0.1) is 22.5 Å². The molecule has 128 valence electrons. The molecule has 6 nitrogen and oxygen atoms in total. The molecule has 1 aromatic rings. The van der Waals surface area contributed by atoms with Gasteiger partial charge in [0.2, 0.25) is 0 Å². The summed E-state index contributed by atoms with van der Waals surface area (Å²) in [5.41, 5.74) is 1.46. The molecule has 0 aliphatic carbocycles. The molecule has 1 heterocycles. The van der Waals surface area contributed by atoms with Gasteiger partial charge in [-0.15, -0.1) is 18.3 Å². The Morgan fingerprint density at radius 2 is 2.28 bits per heavy atom. The predicted molar refractivity (Wildman–Crippen MR) is 98.4 cm³/mol. The number of nitriles is 1. The molecule has 1 aliphatic heterocycles. The number of ketones is 1. The van der Waals surface area contributed by atoms with E-state index < -0.39 is 16.8 Å². The zero-order valence-corrected chi connectivity index (χ0v) is 14.7. The number of non-ortho nitro benzene ring substituents is 1. The van der Waals surface area contributed by atoms with Crippen LogP contribution in [-0.4, -0.2) is 22.2 Å². The van der Waals surface area contributed by atoms with Gasteiger partial charge in [0, 0.05) is 29.5 Å². The van der Waals surface area contributed by atoms with Crippen LogP contribution in [0.15, 0.2) is 52.5 Å². The Bertz CT molecular complexity index is 836. The number of hydrogen-bond donors (Lipinski definition) is 0. The first-order valence-corrected chi connectivity index (χ1v) is 8.57. The lowest BCUT2D eigenvalue weighted by Gasteiger charge is -2.30. The maximum Gasteiger partial charge on any atom is 0.269 e. The second-order valence-electron chi connectivity index (χ2n) is 5.60. The van der Waals surface area contributed by atoms with Gasteiger partial charge in [-0.2, -0.15) is 5.26 Å². The number of carbonyl (C=O) groups excluding carboxylic acids is 1. The summed E-state index contributed by atoms with van der Waals surface area (Å²) in [4.78, 5) is 27.3. The van der Waals surface area contributed by atoms with Gasteiger partial charge in [0.15, 0.2) is 0 Å². The van der Waals surface area contributed by atoms with Crippen molar-refractivity contribution in [3.05, 3.63) is 63.2 Å². The number of benzene rings is 1. The van der Waals surface area contributed by atoms with Gasteiger partial charge in [0.1, 0.15) is 10.8 Å². The minimum atomic E-state index is -0.607. The molecule has 1 aromatic carbocycles. The average molecular weight is 355 g/mol. The summed E-state index contributed by atoms with van der Waals surface area (Å²) in [5, 5.41) is 21.3. The lowest BCUT2D eigenvalue weighted by Crippen LogP contribution is -2.31. The summed E-state index contributed by atoms with van der Waals surface area (Å²) in [6.45, 7) is 6.86. The summed E-state index contributed by atoms with van der Waals surface area (Å²) in [7, 11) is 0. The van der Waals surface area contributed by atoms with E-state index in [9.17, 15) is 20.2 Å². The van der Waals surface area contributed by atoms with E-state index in [-0.39, 0.29) is 11.5 Å². The number of carbonyl (C=O) groups is 1. The van der Waals surface area contributed by atoms with Crippen LogP contribution >= 0.6 is 11.8 Å². The zero-order chi connectivity index (χ0) is 18.6. The maximum atomic E-state index is 12.2. The van der Waals surface area contributed by atoms with E-state index >= 15 is 0 Å². The molecule has 0 spiro atoms. The van der Waals surface area contributed by atoms with Crippen LogP contribution in [0, 0.1) is 27.4 Å². The third-order valence-corrected chi connectivity index (χ3v) is 4.93. The van der Waals surface area contributed by atoms with E-state index in [1.807, 2.05) is 0 Å². The molecule has 0 bridgehead atoms. The highest BCUT2D eigenvalue weighted by molar-refractivity contribution is 8.03. The summed E-state index contributed by atoms with van der Waals surface area (Å²) in [5.74, 6) is -0.737. The lowest BCUT2D eigenvalue weighted by molar-refractivity contribution is -0.384. The number of hydrogen-bond acceptors (Lipinski definition) is 6. The monoisotopic (exact) mass is 355 g/mol. The van der Waals surface area contributed by atoms with Crippen molar-refractivity contribution in [2.24, 2.45) is 10.9 Å². The van der Waals surface area contributed by atoms with E-state index in [0.717, 1.165) is 0 Å². The number of Topliss-reactive ketones (excluding diaryl/α,β-unsaturated/α-hetero) is 1. The Morgan fingerprint density at radius 3 is 2.84 bits per heavy atom. The van der Waals surface area contributed by atoms with Gasteiger partial charge in [-0.3, -0.25) is 14.9 Å². The highest BCUT2D eigenvalue weighted by atomic mass is 32.2. The SMILES string of the molecule is C=CCSC1=C(C#N)[C@H](c2cccc([N+](=O)[O-])c2)C(C(C)=O)C(C)=N1. The van der Waals surface area contributed by atoms with E-state index in [1.165, 1.54) is 30.8 Å². The molecule has 2 atom stereocenters. The van der Waals surface area contributed by atoms with Gasteiger partial charge in [-0.1, -0.05) is 18.2 Å². The van der Waals surface area contributed by atoms with Gasteiger partial charge in [-0.25, -0.2) is 4.99 Å². The highest BCUT2D eigenvalue weighted by Gasteiger charge is 2.38. The van der Waals surface area contributed by atoms with Gasteiger partial charge >= 0.3 is 0 Å². The molecule has 0 fully saturated rings. The highest BCUT2D eigenvalue weighted by Crippen LogP contribution is 2.42. The standard InChI is InChI=1S/C18H17N3O3S/c1-4-8-25-18-15(10-19)17(16(12(3)22)11(2)20-18)13-6-5-7-14(9-13)21(23)24/h4-7,9,16-17H,1,8H2,2-3H3/t16?,17-/m0/s1. The largest absolute Gasteiger partial charge is 0.299 e. The van der Waals surface area contributed by atoms with E-state index in [4.69, 9.17) is 0 Å². The molecular weight excluding hydrogens is 338 g/mol. The minimum Gasteiger partial charge on any atom is -0.299 e. The van der Waals surface area contributed by atoms with Crippen LogP contribution in [0.2, 0.25) is 0 Å². The second kappa shape index (κ2) is 7.90. The quantitative estimate of drug-likeness (QED) is 0.436. The number of allylic oxidation sites excluding steroid dienone is 1. The Labute approximate surface area is 150 Å². The van der Waals surface area contributed by atoms with Crippen LogP contribution in [-0.2, 0) is 4.79 Å². The van der Waals surface area contributed by atoms with Crippen molar-refractivity contribution < 1.29 is 9.72 Å². The fraction of sp³-hybridized carbons (Fsp3) is 0.278. The molecule has 7 heteroatoms. The van der Waals surface area contributed by atoms with E-state index in [0.29, 0.717) is 27.6 Å². The summed E-state index contributed by atoms with van der Waals surface area (Å²) < 4.78 is 0. The number of nitro benzene ring substituents is 1. The molecule has 1 aliphatic rings. The Hall–Kier alpha value is -2.72. The van der Waals surface area contributed by atoms with Crippen LogP contribution < -0.4 is 0 Å². The molecule has 0 saturated carbocycles. The van der Waals surface area contributed by atoms with Crippen LogP contribution in [0.25, 0.3) is 0 Å². The third kappa shape index (κ3) is 3.86. The first-order chi connectivity index (χ1) is 11.9. The maximum absolute atomic E-state index is 12.2. The van der Waals surface area contributed by atoms with Gasteiger partial charge in [0.25, 0.3) is 5.69 Å². The molecule has 0 aromatic heterocycles. The number of nitrogens with zero attached hydrogens (tertiary/aromatic N) is 3. The summed E-state index contributed by atoms with van der Waals surface area (Å²) in [6.07, 6.45) is 1.71. The Kier molecular flexibility index (Phi) is 5.88. The van der Waals surface area contributed by atoms with Crippen molar-refractivity contribution in [2.45, 2.75) is 19.8 Å². The third-order valence-electron chi connectivity index (χ3n) is 3.94. The smallest absolute Gasteiger partial charge is 0.269 e. The number of thioether (sulfide) groups is 1. The number of nitro groups is 1. The normalized spacial score (nSPS) is 19.8. The van der Waals surface area contributed by atoms with Crippen molar-refractivity contribution in [2.75, 3.05) is 5.75 Å². The average Bonchev–Trinajstić information content (AvgIpc) is 2.58. The fourth-order valence-electron chi connectivity index (χ4n) is 2.92. The van der Waals surface area contributed by atoms with Crippen LogP contribution in [0.1, 0.15) is 25.3 Å². The summed E-state index contributed by atoms with van der Waals surface area (Å²) in [6, 6.07) is 8.25. The molecule has 0 saturated heterocycles. The van der Waals surface area contributed by atoms with Gasteiger partial charge < -0.3 is 0 Å². The van der Waals surface area contributed by atoms with E-state index in [1.54, 1.807) is 25.1 Å². The molecular formula is C18H17N3O3S. The van der Waals surface area contributed by atoms with Crippen LogP contribution in [0.3, 0.4) is 0 Å². The summed E-state index contributed by atoms with van der Waals surface area (Å²) >= 11 is 1.36. The second-order valence-corrected chi connectivity index (χ2v) is 6.61. The topological polar surface area (TPSA) is 96.4 Å². The van der Waals surface area contributed by atoms with Crippen molar-refractivity contribution in [3.8, 4) is 6.07 Å². The Morgan fingerprint density at radius 1 is 1.56 bits per heavy atom. The van der Waals surface area contributed by atoms with Crippen molar-refractivity contribution in [1.29, 1.82) is 5.26 Å². The molecule has 0 amide bonds. The van der Waals surface area contributed by atoms with E-state index in [2.05, 4.69) is 17.6 Å². The lowest BCUT2D eigenvalue weighted by atomic mass is 9.75. The predicted octanol–water partition coefficient (Wildman–Crippen LogP) is 4.01. The number of aliphatic imine (C=N–C) groups is 1. The Balaban J connectivity index is 2.65. The molecule has 25 heavy (non-hydrogen) atoms. The van der Waals surface area contributed by atoms with Crippen molar-refractivity contribution in [3.63, 3.8) is 0 Å². The first kappa shape index (κ1) is 18.6. The minimum absolute atomic E-state index is 0.0717. The van der Waals surface area contributed by atoms with Crippen molar-refractivity contribution in [1.82, 2.24) is 0 Å². The zero-order valence-electron chi connectivity index (χ0n) is 13.9. The number of rotatable bonds is 6. The van der Waals surface area contributed by atoms with Crippen LogP contribution in [0.4, 0.5) is 5.69 Å². The molecule has 0 radical (unpaired) electrons. The van der Waals surface area contributed by atoms with Gasteiger partial charge in [-0.05, 0) is 19.4 Å². The molecule has 2 rings (SSSR count). The molecule has 1 unspecified atom stereocenters.